The van der Waals surface area contributed by atoms with Crippen LogP contribution in [0.1, 0.15) is 18.4 Å². The van der Waals surface area contributed by atoms with Crippen LogP contribution in [-0.4, -0.2) is 31.5 Å². The Bertz CT molecular complexity index is 791. The van der Waals surface area contributed by atoms with Crippen LogP contribution in [0.3, 0.4) is 0 Å². The standard InChI is InChI=1S/C22H25NO3S/c1-25-17-11-12-19(21(15-17)27-2)23-18(20-13-14-22(24)26-20)10-6-9-16-7-4-3-5-8-16/h3-5,7-8,11-15,18,20,23H,6,9-10H2,1-2H3/t18-,20+/m0/s1. The van der Waals surface area contributed by atoms with E-state index >= 15 is 0 Å². The van der Waals surface area contributed by atoms with Crippen LogP contribution in [0, 0.1) is 0 Å². The molecule has 1 heterocycles. The number of esters is 1. The lowest BCUT2D eigenvalue weighted by Crippen LogP contribution is -2.33. The number of cyclic esters (lactones) is 1. The van der Waals surface area contributed by atoms with Gasteiger partial charge in [0, 0.05) is 16.7 Å². The molecule has 2 atom stereocenters. The number of rotatable bonds is 9. The molecule has 27 heavy (non-hydrogen) atoms. The van der Waals surface area contributed by atoms with Gasteiger partial charge in [0.2, 0.25) is 0 Å². The average Bonchev–Trinajstić information content (AvgIpc) is 3.14. The van der Waals surface area contributed by atoms with E-state index in [0.717, 1.165) is 35.6 Å². The van der Waals surface area contributed by atoms with Gasteiger partial charge >= 0.3 is 5.97 Å². The Balaban J connectivity index is 1.70. The number of benzene rings is 2. The number of nitrogens with one attached hydrogen (secondary N) is 1. The van der Waals surface area contributed by atoms with Gasteiger partial charge in [-0.15, -0.1) is 11.8 Å². The van der Waals surface area contributed by atoms with Crippen LogP contribution in [0.4, 0.5) is 5.69 Å². The second kappa shape index (κ2) is 9.51. The topological polar surface area (TPSA) is 47.6 Å². The maximum Gasteiger partial charge on any atom is 0.331 e. The molecule has 1 aliphatic rings. The highest BCUT2D eigenvalue weighted by Crippen LogP contribution is 2.31. The van der Waals surface area contributed by atoms with Gasteiger partial charge in [0.25, 0.3) is 0 Å². The second-order valence-electron chi connectivity index (χ2n) is 6.46. The third kappa shape index (κ3) is 5.30. The molecule has 142 valence electrons. The van der Waals surface area contributed by atoms with Crippen molar-refractivity contribution in [1.29, 1.82) is 0 Å². The van der Waals surface area contributed by atoms with E-state index in [1.807, 2.05) is 36.6 Å². The zero-order chi connectivity index (χ0) is 19.1. The van der Waals surface area contributed by atoms with Gasteiger partial charge in [-0.25, -0.2) is 4.79 Å². The molecule has 0 fully saturated rings. The van der Waals surface area contributed by atoms with Gasteiger partial charge in [-0.1, -0.05) is 30.3 Å². The average molecular weight is 384 g/mol. The lowest BCUT2D eigenvalue weighted by molar-refractivity contribution is -0.139. The van der Waals surface area contributed by atoms with Crippen LogP contribution in [0.15, 0.2) is 65.6 Å². The Labute approximate surface area is 165 Å². The summed E-state index contributed by atoms with van der Waals surface area (Å²) in [6.45, 7) is 0. The summed E-state index contributed by atoms with van der Waals surface area (Å²) in [4.78, 5) is 12.7. The van der Waals surface area contributed by atoms with Crippen molar-refractivity contribution in [3.05, 3.63) is 66.2 Å². The second-order valence-corrected chi connectivity index (χ2v) is 7.30. The normalized spacial score (nSPS) is 16.8. The van der Waals surface area contributed by atoms with E-state index in [-0.39, 0.29) is 18.1 Å². The van der Waals surface area contributed by atoms with Gasteiger partial charge in [0.1, 0.15) is 11.9 Å². The van der Waals surface area contributed by atoms with Crippen molar-refractivity contribution in [2.24, 2.45) is 0 Å². The molecule has 0 saturated carbocycles. The summed E-state index contributed by atoms with van der Waals surface area (Å²) in [5, 5.41) is 3.59. The van der Waals surface area contributed by atoms with Crippen molar-refractivity contribution in [2.75, 3.05) is 18.7 Å². The van der Waals surface area contributed by atoms with Gasteiger partial charge in [-0.05, 0) is 55.4 Å². The Kier molecular flexibility index (Phi) is 6.82. The minimum absolute atomic E-state index is 0.0238. The summed E-state index contributed by atoms with van der Waals surface area (Å²) in [5.74, 6) is 0.562. The molecule has 0 radical (unpaired) electrons. The maximum atomic E-state index is 11.6. The first kappa shape index (κ1) is 19.4. The monoisotopic (exact) mass is 383 g/mol. The van der Waals surface area contributed by atoms with E-state index in [9.17, 15) is 4.79 Å². The molecular formula is C22H25NO3S. The van der Waals surface area contributed by atoms with E-state index in [2.05, 4.69) is 29.6 Å². The number of hydrogen-bond acceptors (Lipinski definition) is 5. The van der Waals surface area contributed by atoms with Crippen LogP contribution < -0.4 is 10.1 Å². The molecule has 0 unspecified atom stereocenters. The zero-order valence-electron chi connectivity index (χ0n) is 15.7. The minimum Gasteiger partial charge on any atom is -0.497 e. The van der Waals surface area contributed by atoms with Gasteiger partial charge < -0.3 is 14.8 Å². The molecule has 1 aliphatic heterocycles. The Morgan fingerprint density at radius 2 is 2.04 bits per heavy atom. The Morgan fingerprint density at radius 3 is 2.70 bits per heavy atom. The fraction of sp³-hybridized carbons (Fsp3) is 0.318. The lowest BCUT2D eigenvalue weighted by atomic mass is 10.0. The maximum absolute atomic E-state index is 11.6. The molecule has 0 spiro atoms. The molecule has 0 bridgehead atoms. The Hall–Kier alpha value is -2.40. The Morgan fingerprint density at radius 1 is 1.22 bits per heavy atom. The zero-order valence-corrected chi connectivity index (χ0v) is 16.5. The molecule has 2 aromatic carbocycles. The fourth-order valence-electron chi connectivity index (χ4n) is 3.21. The van der Waals surface area contributed by atoms with Crippen molar-refractivity contribution in [2.45, 2.75) is 36.3 Å². The molecular weight excluding hydrogens is 358 g/mol. The molecule has 0 saturated heterocycles. The number of carbonyl (C=O) groups excluding carboxylic acids is 1. The van der Waals surface area contributed by atoms with Crippen molar-refractivity contribution in [1.82, 2.24) is 0 Å². The van der Waals surface area contributed by atoms with Gasteiger partial charge in [0.05, 0.1) is 13.2 Å². The SMILES string of the molecule is COc1ccc(N[C@@H](CCCc2ccccc2)[C@H]2C=CC(=O)O2)c(SC)c1. The molecule has 4 nitrogen and oxygen atoms in total. The number of hydrogen-bond donors (Lipinski definition) is 1. The minimum atomic E-state index is -0.269. The molecule has 5 heteroatoms. The van der Waals surface area contributed by atoms with Crippen LogP contribution in [0.5, 0.6) is 5.75 Å². The molecule has 2 aromatic rings. The summed E-state index contributed by atoms with van der Waals surface area (Å²) in [6, 6.07) is 16.5. The van der Waals surface area contributed by atoms with Crippen LogP contribution in [0.25, 0.3) is 0 Å². The third-order valence-corrected chi connectivity index (χ3v) is 5.42. The van der Waals surface area contributed by atoms with Crippen LogP contribution in [-0.2, 0) is 16.0 Å². The lowest BCUT2D eigenvalue weighted by Gasteiger charge is -2.25. The van der Waals surface area contributed by atoms with Crippen molar-refractivity contribution < 1.29 is 14.3 Å². The van der Waals surface area contributed by atoms with E-state index in [1.165, 1.54) is 11.6 Å². The van der Waals surface area contributed by atoms with Crippen molar-refractivity contribution in [3.63, 3.8) is 0 Å². The number of methoxy groups -OCH3 is 1. The molecule has 1 N–H and O–H groups in total. The van der Waals surface area contributed by atoms with E-state index < -0.39 is 0 Å². The first-order chi connectivity index (χ1) is 13.2. The van der Waals surface area contributed by atoms with Crippen LogP contribution >= 0.6 is 11.8 Å². The summed E-state index contributed by atoms with van der Waals surface area (Å²) < 4.78 is 10.8. The first-order valence-corrected chi connectivity index (χ1v) is 10.3. The molecule has 0 aromatic heterocycles. The highest BCUT2D eigenvalue weighted by molar-refractivity contribution is 7.98. The number of anilines is 1. The first-order valence-electron chi connectivity index (χ1n) is 9.11. The van der Waals surface area contributed by atoms with E-state index in [0.29, 0.717) is 0 Å². The number of thioether (sulfide) groups is 1. The van der Waals surface area contributed by atoms with Gasteiger partial charge in [-0.3, -0.25) is 0 Å². The van der Waals surface area contributed by atoms with Crippen LogP contribution in [0.2, 0.25) is 0 Å². The number of ether oxygens (including phenoxy) is 2. The molecule has 0 amide bonds. The summed E-state index contributed by atoms with van der Waals surface area (Å²) in [5.41, 5.74) is 2.36. The largest absolute Gasteiger partial charge is 0.497 e. The smallest absolute Gasteiger partial charge is 0.331 e. The quantitative estimate of drug-likeness (QED) is 0.502. The molecule has 0 aliphatic carbocycles. The summed E-state index contributed by atoms with van der Waals surface area (Å²) in [6.07, 6.45) is 8.07. The van der Waals surface area contributed by atoms with Crippen molar-refractivity contribution >= 4 is 23.4 Å². The van der Waals surface area contributed by atoms with E-state index in [1.54, 1.807) is 18.9 Å². The van der Waals surface area contributed by atoms with Gasteiger partial charge in [-0.2, -0.15) is 0 Å². The highest BCUT2D eigenvalue weighted by Gasteiger charge is 2.27. The third-order valence-electron chi connectivity index (χ3n) is 4.64. The predicted octanol–water partition coefficient (Wildman–Crippen LogP) is 4.70. The summed E-state index contributed by atoms with van der Waals surface area (Å²) >= 11 is 1.66. The number of carbonyl (C=O) groups is 1. The fourth-order valence-corrected chi connectivity index (χ4v) is 3.79. The molecule has 3 rings (SSSR count). The van der Waals surface area contributed by atoms with Crippen molar-refractivity contribution in [3.8, 4) is 5.75 Å². The van der Waals surface area contributed by atoms with E-state index in [4.69, 9.17) is 9.47 Å². The number of aryl methyl sites for hydroxylation is 1. The van der Waals surface area contributed by atoms with Gasteiger partial charge in [0.15, 0.2) is 0 Å². The summed E-state index contributed by atoms with van der Waals surface area (Å²) in [7, 11) is 1.67. The predicted molar refractivity (Wildman–Crippen MR) is 111 cm³/mol. The highest BCUT2D eigenvalue weighted by atomic mass is 32.2.